The Labute approximate surface area is 222 Å². The van der Waals surface area contributed by atoms with Crippen molar-refractivity contribution in [3.63, 3.8) is 0 Å². The number of piperidine rings is 2. The minimum atomic E-state index is -0.646. The second-order valence-electron chi connectivity index (χ2n) is 10.6. The third-order valence-corrected chi connectivity index (χ3v) is 8.99. The number of carbonyl (C=O) groups excluding carboxylic acids is 2. The maximum Gasteiger partial charge on any atom is 0.313 e. The molecule has 0 unspecified atom stereocenters. The summed E-state index contributed by atoms with van der Waals surface area (Å²) >= 11 is 1.79. The van der Waals surface area contributed by atoms with Crippen molar-refractivity contribution < 1.29 is 9.59 Å². The van der Waals surface area contributed by atoms with Crippen molar-refractivity contribution in [2.75, 3.05) is 37.7 Å². The molecule has 0 aliphatic carbocycles. The van der Waals surface area contributed by atoms with Crippen molar-refractivity contribution in [3.8, 4) is 0 Å². The third kappa shape index (κ3) is 5.48. The lowest BCUT2D eigenvalue weighted by Gasteiger charge is -2.38. The lowest BCUT2D eigenvalue weighted by molar-refractivity contribution is -0.146. The number of nitrogens with one attached hydrogen (secondary N) is 1. The number of amides is 2. The molecule has 2 saturated heterocycles. The largest absolute Gasteiger partial charge is 0.383 e. The van der Waals surface area contributed by atoms with E-state index in [-0.39, 0.29) is 6.04 Å². The van der Waals surface area contributed by atoms with Gasteiger partial charge in [0.15, 0.2) is 0 Å². The Morgan fingerprint density at radius 2 is 1.95 bits per heavy atom. The van der Waals surface area contributed by atoms with Crippen molar-refractivity contribution in [1.29, 1.82) is 0 Å². The summed E-state index contributed by atoms with van der Waals surface area (Å²) in [5, 5.41) is 3.95. The molecule has 0 spiro atoms. The van der Waals surface area contributed by atoms with Crippen molar-refractivity contribution in [1.82, 2.24) is 19.8 Å². The van der Waals surface area contributed by atoms with E-state index < -0.39 is 11.8 Å². The standard InChI is InChI=1S/C28H36N6O2S/c1-4-18-13-21(15-30-25(18)29)31-26(35)28(36)34-16-17(2)5-7-23(34)20-6-8-24-22(14-20)32-27(37-24)19-9-11-33(3)12-10-19/h6,8,13-15,17,19,23H,4-5,7,9-12,16H2,1-3H3,(H2,29,30)(H,31,35)/t17-,23-/m0/s1. The highest BCUT2D eigenvalue weighted by molar-refractivity contribution is 7.18. The van der Waals surface area contributed by atoms with Crippen LogP contribution in [0.5, 0.6) is 0 Å². The van der Waals surface area contributed by atoms with Crippen LogP contribution in [-0.2, 0) is 16.0 Å². The molecule has 0 saturated carbocycles. The lowest BCUT2D eigenvalue weighted by atomic mass is 9.89. The van der Waals surface area contributed by atoms with Crippen LogP contribution in [0.1, 0.15) is 67.6 Å². The van der Waals surface area contributed by atoms with E-state index in [1.807, 2.05) is 6.92 Å². The number of anilines is 2. The molecular weight excluding hydrogens is 484 g/mol. The molecule has 2 aliphatic rings. The first-order valence-corrected chi connectivity index (χ1v) is 14.1. The Balaban J connectivity index is 1.36. The van der Waals surface area contributed by atoms with Gasteiger partial charge in [0.05, 0.1) is 33.2 Å². The van der Waals surface area contributed by atoms with E-state index in [2.05, 4.69) is 47.4 Å². The molecule has 1 aromatic carbocycles. The molecule has 3 aromatic rings. The first kappa shape index (κ1) is 25.6. The number of benzene rings is 1. The normalized spacial score (nSPS) is 21.3. The van der Waals surface area contributed by atoms with E-state index in [1.165, 1.54) is 15.9 Å². The van der Waals surface area contributed by atoms with Crippen molar-refractivity contribution in [2.45, 2.75) is 57.9 Å². The average molecular weight is 521 g/mol. The molecule has 0 radical (unpaired) electrons. The number of nitrogen functional groups attached to an aromatic ring is 1. The number of aromatic nitrogens is 2. The van der Waals surface area contributed by atoms with Gasteiger partial charge in [-0.3, -0.25) is 9.59 Å². The molecule has 4 heterocycles. The molecule has 3 N–H and O–H groups in total. The fourth-order valence-electron chi connectivity index (χ4n) is 5.51. The molecule has 2 atom stereocenters. The topological polar surface area (TPSA) is 104 Å². The number of rotatable bonds is 4. The van der Waals surface area contributed by atoms with Crippen LogP contribution in [0, 0.1) is 5.92 Å². The number of carbonyl (C=O) groups is 2. The molecule has 2 amide bonds. The molecule has 5 rings (SSSR count). The number of hydrogen-bond donors (Lipinski definition) is 2. The first-order valence-electron chi connectivity index (χ1n) is 13.3. The number of nitrogens with zero attached hydrogens (tertiary/aromatic N) is 4. The molecule has 0 bridgehead atoms. The zero-order valence-corrected chi connectivity index (χ0v) is 22.7. The number of thiazole rings is 1. The second kappa shape index (κ2) is 10.8. The van der Waals surface area contributed by atoms with E-state index >= 15 is 0 Å². The number of likely N-dealkylation sites (tertiary alicyclic amines) is 2. The summed E-state index contributed by atoms with van der Waals surface area (Å²) in [4.78, 5) is 39.7. The van der Waals surface area contributed by atoms with Crippen LogP contribution in [0.2, 0.25) is 0 Å². The lowest BCUT2D eigenvalue weighted by Crippen LogP contribution is -2.46. The molecule has 9 heteroatoms. The van der Waals surface area contributed by atoms with Crippen LogP contribution in [0.25, 0.3) is 10.2 Å². The molecule has 8 nitrogen and oxygen atoms in total. The van der Waals surface area contributed by atoms with Crippen LogP contribution in [0.4, 0.5) is 11.5 Å². The molecule has 196 valence electrons. The van der Waals surface area contributed by atoms with Gasteiger partial charge in [0.1, 0.15) is 5.82 Å². The van der Waals surface area contributed by atoms with Gasteiger partial charge in [0.2, 0.25) is 0 Å². The molecule has 2 fully saturated rings. The molecular formula is C28H36N6O2S. The number of nitrogens with two attached hydrogens (primary N) is 1. The van der Waals surface area contributed by atoms with Gasteiger partial charge in [-0.05, 0) is 87.5 Å². The van der Waals surface area contributed by atoms with E-state index in [1.54, 1.807) is 22.3 Å². The predicted molar refractivity (Wildman–Crippen MR) is 149 cm³/mol. The smallest absolute Gasteiger partial charge is 0.313 e. The number of fused-ring (bicyclic) bond motifs is 1. The van der Waals surface area contributed by atoms with E-state index in [0.29, 0.717) is 36.3 Å². The van der Waals surface area contributed by atoms with Gasteiger partial charge < -0.3 is 20.9 Å². The van der Waals surface area contributed by atoms with Gasteiger partial charge in [0.25, 0.3) is 0 Å². The van der Waals surface area contributed by atoms with Gasteiger partial charge in [-0.25, -0.2) is 9.97 Å². The quantitative estimate of drug-likeness (QED) is 0.488. The second-order valence-corrected chi connectivity index (χ2v) is 11.7. The fraction of sp³-hybridized carbons (Fsp3) is 0.500. The number of pyridine rings is 1. The minimum Gasteiger partial charge on any atom is -0.383 e. The van der Waals surface area contributed by atoms with Crippen LogP contribution >= 0.6 is 11.3 Å². The van der Waals surface area contributed by atoms with Gasteiger partial charge in [-0.1, -0.05) is 19.9 Å². The zero-order valence-electron chi connectivity index (χ0n) is 21.9. The SMILES string of the molecule is CCc1cc(NC(=O)C(=O)N2C[C@@H](C)CC[C@H]2c2ccc3sc(C4CCN(C)CC4)nc3c2)cnc1N. The summed E-state index contributed by atoms with van der Waals surface area (Å²) in [5.74, 6) is 0.124. The summed E-state index contributed by atoms with van der Waals surface area (Å²) < 4.78 is 1.18. The average Bonchev–Trinajstić information content (AvgIpc) is 3.33. The summed E-state index contributed by atoms with van der Waals surface area (Å²) in [5.41, 5.74) is 9.25. The zero-order chi connectivity index (χ0) is 26.1. The Bertz CT molecular complexity index is 1300. The maximum absolute atomic E-state index is 13.4. The maximum atomic E-state index is 13.4. The molecule has 2 aliphatic heterocycles. The Morgan fingerprint density at radius 3 is 2.70 bits per heavy atom. The van der Waals surface area contributed by atoms with Crippen LogP contribution < -0.4 is 11.1 Å². The van der Waals surface area contributed by atoms with Crippen LogP contribution in [0.3, 0.4) is 0 Å². The molecule has 37 heavy (non-hydrogen) atoms. The summed E-state index contributed by atoms with van der Waals surface area (Å²) in [6.07, 6.45) is 6.30. The van der Waals surface area contributed by atoms with Crippen molar-refractivity contribution in [2.24, 2.45) is 5.92 Å². The Morgan fingerprint density at radius 1 is 1.16 bits per heavy atom. The minimum absolute atomic E-state index is 0.150. The van der Waals surface area contributed by atoms with Crippen molar-refractivity contribution >= 4 is 44.9 Å². The number of aryl methyl sites for hydroxylation is 1. The van der Waals surface area contributed by atoms with Gasteiger partial charge in [-0.15, -0.1) is 11.3 Å². The highest BCUT2D eigenvalue weighted by Gasteiger charge is 2.34. The summed E-state index contributed by atoms with van der Waals surface area (Å²) in [6, 6.07) is 7.99. The van der Waals surface area contributed by atoms with Crippen LogP contribution in [0.15, 0.2) is 30.5 Å². The van der Waals surface area contributed by atoms with Gasteiger partial charge in [-0.2, -0.15) is 0 Å². The van der Waals surface area contributed by atoms with Crippen molar-refractivity contribution in [3.05, 3.63) is 46.6 Å². The van der Waals surface area contributed by atoms with E-state index in [9.17, 15) is 9.59 Å². The Kier molecular flexibility index (Phi) is 7.44. The molecule has 2 aromatic heterocycles. The van der Waals surface area contributed by atoms with E-state index in [4.69, 9.17) is 10.7 Å². The van der Waals surface area contributed by atoms with E-state index in [0.717, 1.165) is 55.4 Å². The summed E-state index contributed by atoms with van der Waals surface area (Å²) in [7, 11) is 2.17. The third-order valence-electron chi connectivity index (χ3n) is 7.79. The van der Waals surface area contributed by atoms with Gasteiger partial charge >= 0.3 is 11.8 Å². The first-order chi connectivity index (χ1) is 17.8. The number of hydrogen-bond acceptors (Lipinski definition) is 7. The predicted octanol–water partition coefficient (Wildman–Crippen LogP) is 4.58. The highest BCUT2D eigenvalue weighted by Crippen LogP contribution is 2.38. The fourth-order valence-corrected chi connectivity index (χ4v) is 6.63. The monoisotopic (exact) mass is 520 g/mol. The van der Waals surface area contributed by atoms with Gasteiger partial charge in [0, 0.05) is 12.5 Å². The van der Waals surface area contributed by atoms with Crippen LogP contribution in [-0.4, -0.2) is 58.3 Å². The Hall–Kier alpha value is -3.04. The summed E-state index contributed by atoms with van der Waals surface area (Å²) in [6.45, 7) is 6.87. The highest BCUT2D eigenvalue weighted by atomic mass is 32.1.